The maximum Gasteiger partial charge on any atom is 0.0433 e. The van der Waals surface area contributed by atoms with E-state index in [0.29, 0.717) is 6.04 Å². The number of halogens is 1. The largest absolute Gasteiger partial charge is 0.385 e. The van der Waals surface area contributed by atoms with Crippen LogP contribution >= 0.6 is 11.6 Å². The monoisotopic (exact) mass is 341 g/mol. The van der Waals surface area contributed by atoms with Crippen molar-refractivity contribution in [1.29, 1.82) is 0 Å². The summed E-state index contributed by atoms with van der Waals surface area (Å²) in [5.74, 6) is 0. The third-order valence-electron chi connectivity index (χ3n) is 4.34. The highest BCUT2D eigenvalue weighted by Gasteiger charge is 2.24. The zero-order chi connectivity index (χ0) is 17.9. The molecule has 0 bridgehead atoms. The van der Waals surface area contributed by atoms with Crippen LogP contribution in [0.5, 0.6) is 0 Å². The van der Waals surface area contributed by atoms with Crippen LogP contribution in [0.4, 0.5) is 0 Å². The average molecular weight is 342 g/mol. The Hall–Kier alpha value is -0.570. The van der Waals surface area contributed by atoms with Crippen LogP contribution < -0.4 is 0 Å². The Morgan fingerprint density at radius 3 is 2.13 bits per heavy atom. The fourth-order valence-corrected chi connectivity index (χ4v) is 2.67. The molecule has 0 fully saturated rings. The maximum absolute atomic E-state index is 5.97. The van der Waals surface area contributed by atoms with Gasteiger partial charge in [-0.15, -0.1) is 0 Å². The summed E-state index contributed by atoms with van der Waals surface area (Å²) >= 11 is 5.97. The zero-order valence-corrected chi connectivity index (χ0v) is 16.9. The number of rotatable bonds is 8. The van der Waals surface area contributed by atoms with Crippen LogP contribution in [-0.2, 0) is 10.2 Å². The van der Waals surface area contributed by atoms with Crippen LogP contribution in [-0.4, -0.2) is 38.3 Å². The van der Waals surface area contributed by atoms with Gasteiger partial charge in [0, 0.05) is 24.8 Å². The van der Waals surface area contributed by atoms with Crippen LogP contribution in [0.15, 0.2) is 24.3 Å². The minimum Gasteiger partial charge on any atom is -0.385 e. The van der Waals surface area contributed by atoms with Gasteiger partial charge in [-0.1, -0.05) is 50.9 Å². The van der Waals surface area contributed by atoms with E-state index < -0.39 is 0 Å². The molecule has 1 aromatic carbocycles. The number of hydrogen-bond acceptors (Lipinski definition) is 2. The van der Waals surface area contributed by atoms with Crippen LogP contribution in [0.2, 0.25) is 5.02 Å². The third-order valence-corrected chi connectivity index (χ3v) is 4.59. The predicted octanol–water partition coefficient (Wildman–Crippen LogP) is 5.78. The van der Waals surface area contributed by atoms with Crippen molar-refractivity contribution in [3.63, 3.8) is 0 Å². The van der Waals surface area contributed by atoms with E-state index in [1.165, 1.54) is 24.9 Å². The van der Waals surface area contributed by atoms with Crippen molar-refractivity contribution in [3.8, 4) is 0 Å². The van der Waals surface area contributed by atoms with E-state index in [2.05, 4.69) is 56.5 Å². The highest BCUT2D eigenvalue weighted by atomic mass is 35.5. The van der Waals surface area contributed by atoms with Crippen molar-refractivity contribution in [2.75, 3.05) is 27.3 Å². The SMILES string of the molecule is CCCCN(C)C(C)CC(C)(C)c1ccc(Cl)cc1.CCOC. The molecule has 0 radical (unpaired) electrons. The first kappa shape index (κ1) is 22.4. The minimum absolute atomic E-state index is 0.185. The first-order chi connectivity index (χ1) is 10.8. The topological polar surface area (TPSA) is 12.5 Å². The molecule has 0 heterocycles. The summed E-state index contributed by atoms with van der Waals surface area (Å²) in [7, 11) is 3.91. The molecule has 3 heteroatoms. The number of unbranched alkanes of at least 4 members (excludes halogenated alkanes) is 1. The van der Waals surface area contributed by atoms with E-state index >= 15 is 0 Å². The van der Waals surface area contributed by atoms with Crippen molar-refractivity contribution in [2.45, 2.75) is 65.3 Å². The minimum atomic E-state index is 0.185. The van der Waals surface area contributed by atoms with Gasteiger partial charge in [0.25, 0.3) is 0 Å². The van der Waals surface area contributed by atoms with E-state index in [4.69, 9.17) is 11.6 Å². The molecule has 1 aromatic rings. The molecule has 0 aromatic heterocycles. The Labute approximate surface area is 149 Å². The molecule has 0 aliphatic carbocycles. The molecule has 0 amide bonds. The second kappa shape index (κ2) is 11.9. The Kier molecular flexibility index (Phi) is 11.6. The Bertz CT molecular complexity index is 401. The average Bonchev–Trinajstić information content (AvgIpc) is 2.52. The lowest BCUT2D eigenvalue weighted by molar-refractivity contribution is 0.213. The molecule has 1 atom stereocenters. The molecule has 0 aliphatic heterocycles. The summed E-state index contributed by atoms with van der Waals surface area (Å²) in [4.78, 5) is 2.47. The summed E-state index contributed by atoms with van der Waals surface area (Å²) in [6, 6.07) is 8.88. The maximum atomic E-state index is 5.97. The van der Waals surface area contributed by atoms with E-state index in [1.54, 1.807) is 7.11 Å². The van der Waals surface area contributed by atoms with Crippen molar-refractivity contribution in [1.82, 2.24) is 4.90 Å². The van der Waals surface area contributed by atoms with Crippen LogP contribution in [0.3, 0.4) is 0 Å². The zero-order valence-electron chi connectivity index (χ0n) is 16.2. The smallest absolute Gasteiger partial charge is 0.0433 e. The first-order valence-corrected chi connectivity index (χ1v) is 9.11. The summed E-state index contributed by atoms with van der Waals surface area (Å²) in [6.45, 7) is 13.2. The summed E-state index contributed by atoms with van der Waals surface area (Å²) < 4.78 is 4.54. The molecule has 0 saturated carbocycles. The van der Waals surface area contributed by atoms with Crippen molar-refractivity contribution < 1.29 is 4.74 Å². The highest BCUT2D eigenvalue weighted by molar-refractivity contribution is 6.30. The van der Waals surface area contributed by atoms with Crippen molar-refractivity contribution in [2.24, 2.45) is 0 Å². The number of ether oxygens (including phenoxy) is 1. The lowest BCUT2D eigenvalue weighted by Gasteiger charge is -2.33. The molecule has 0 aliphatic rings. The lowest BCUT2D eigenvalue weighted by Crippen LogP contribution is -2.35. The highest BCUT2D eigenvalue weighted by Crippen LogP contribution is 2.30. The summed E-state index contributed by atoms with van der Waals surface area (Å²) in [5, 5.41) is 0.813. The summed E-state index contributed by atoms with van der Waals surface area (Å²) in [6.07, 6.45) is 3.70. The van der Waals surface area contributed by atoms with Crippen LogP contribution in [0, 0.1) is 0 Å². The van der Waals surface area contributed by atoms with E-state index in [1.807, 2.05) is 19.1 Å². The van der Waals surface area contributed by atoms with Gasteiger partial charge in [0.15, 0.2) is 0 Å². The van der Waals surface area contributed by atoms with Crippen LogP contribution in [0.1, 0.15) is 59.4 Å². The van der Waals surface area contributed by atoms with Crippen LogP contribution in [0.25, 0.3) is 0 Å². The second-order valence-electron chi connectivity index (χ2n) is 6.86. The molecule has 0 spiro atoms. The normalized spacial score (nSPS) is 12.7. The molecule has 134 valence electrons. The van der Waals surface area contributed by atoms with E-state index in [0.717, 1.165) is 18.1 Å². The molecular weight excluding hydrogens is 306 g/mol. The molecule has 1 unspecified atom stereocenters. The van der Waals surface area contributed by atoms with E-state index in [-0.39, 0.29) is 5.41 Å². The van der Waals surface area contributed by atoms with Gasteiger partial charge in [0.1, 0.15) is 0 Å². The summed E-state index contributed by atoms with van der Waals surface area (Å²) in [5.41, 5.74) is 1.55. The van der Waals surface area contributed by atoms with Gasteiger partial charge in [-0.2, -0.15) is 0 Å². The molecule has 0 N–H and O–H groups in total. The van der Waals surface area contributed by atoms with Gasteiger partial charge in [-0.3, -0.25) is 0 Å². The van der Waals surface area contributed by atoms with Crippen molar-refractivity contribution >= 4 is 11.6 Å². The van der Waals surface area contributed by atoms with Gasteiger partial charge in [-0.25, -0.2) is 0 Å². The van der Waals surface area contributed by atoms with E-state index in [9.17, 15) is 0 Å². The molecule has 0 saturated heterocycles. The quantitative estimate of drug-likeness (QED) is 0.594. The Morgan fingerprint density at radius 1 is 1.17 bits per heavy atom. The standard InChI is InChI=1S/C17H28ClN.C3H8O/c1-6-7-12-19(5)14(2)13-17(3,4)15-8-10-16(18)11-9-15;1-3-4-2/h8-11,14H,6-7,12-13H2,1-5H3;3H2,1-2H3. The predicted molar refractivity (Wildman–Crippen MR) is 104 cm³/mol. The van der Waals surface area contributed by atoms with Crippen molar-refractivity contribution in [3.05, 3.63) is 34.9 Å². The van der Waals surface area contributed by atoms with Gasteiger partial charge in [0.05, 0.1) is 0 Å². The molecule has 1 rings (SSSR count). The molecule has 2 nitrogen and oxygen atoms in total. The first-order valence-electron chi connectivity index (χ1n) is 8.73. The van der Waals surface area contributed by atoms with Gasteiger partial charge < -0.3 is 9.64 Å². The number of methoxy groups -OCH3 is 1. The third kappa shape index (κ3) is 9.34. The number of hydrogen-bond donors (Lipinski definition) is 0. The fourth-order valence-electron chi connectivity index (χ4n) is 2.54. The number of nitrogens with zero attached hydrogens (tertiary/aromatic N) is 1. The van der Waals surface area contributed by atoms with Gasteiger partial charge >= 0.3 is 0 Å². The Morgan fingerprint density at radius 2 is 1.70 bits per heavy atom. The molecule has 23 heavy (non-hydrogen) atoms. The fraction of sp³-hybridized carbons (Fsp3) is 0.700. The molecular formula is C20H36ClNO. The Balaban J connectivity index is 0.00000108. The lowest BCUT2D eigenvalue weighted by atomic mass is 9.79. The van der Waals surface area contributed by atoms with Gasteiger partial charge in [0.2, 0.25) is 0 Å². The second-order valence-corrected chi connectivity index (χ2v) is 7.29. The van der Waals surface area contributed by atoms with Gasteiger partial charge in [-0.05, 0) is 63.4 Å². The number of benzene rings is 1.